The minimum atomic E-state index is -1.11. The van der Waals surface area contributed by atoms with Crippen molar-refractivity contribution in [1.82, 2.24) is 0 Å². The van der Waals surface area contributed by atoms with Crippen LogP contribution in [0, 0.1) is 35.5 Å². The normalized spacial score (nSPS) is 49.4. The molecule has 13 atom stereocenters. The van der Waals surface area contributed by atoms with E-state index in [0.717, 1.165) is 5.71 Å². The molecule has 2 rings (SSSR count). The van der Waals surface area contributed by atoms with Crippen molar-refractivity contribution in [1.29, 1.82) is 0 Å². The van der Waals surface area contributed by atoms with Gasteiger partial charge in [0.1, 0.15) is 17.8 Å². The van der Waals surface area contributed by atoms with Crippen LogP contribution in [-0.4, -0.2) is 76.4 Å². The minimum Gasteiger partial charge on any atom is -0.492 e. The fourth-order valence-corrected chi connectivity index (χ4v) is 7.84. The van der Waals surface area contributed by atoms with Crippen LogP contribution >= 0.6 is 0 Å². The summed E-state index contributed by atoms with van der Waals surface area (Å²) in [5.41, 5.74) is -1.70. The lowest BCUT2D eigenvalue weighted by Crippen LogP contribution is -2.56. The van der Waals surface area contributed by atoms with Gasteiger partial charge < -0.3 is 29.5 Å². The lowest BCUT2D eigenvalue weighted by molar-refractivity contribution is -0.219. The summed E-state index contributed by atoms with van der Waals surface area (Å²) in [4.78, 5) is 4.67. The predicted octanol–water partition coefficient (Wildman–Crippen LogP) is 5.79. The summed E-state index contributed by atoms with van der Waals surface area (Å²) < 4.78 is 18.7. The maximum atomic E-state index is 11.9. The second-order valence-corrected chi connectivity index (χ2v) is 14.0. The van der Waals surface area contributed by atoms with Crippen molar-refractivity contribution in [3.05, 3.63) is 12.3 Å². The fourth-order valence-electron chi connectivity index (χ4n) is 7.84. The third-order valence-corrected chi connectivity index (χ3v) is 10.7. The first-order valence-electron chi connectivity index (χ1n) is 15.5. The van der Waals surface area contributed by atoms with E-state index in [-0.39, 0.29) is 47.7 Å². The van der Waals surface area contributed by atoms with Gasteiger partial charge in [0.15, 0.2) is 0 Å². The number of aliphatic imine (C=N–C) groups is 1. The number of rotatable bonds is 4. The molecule has 0 amide bonds. The monoisotopic (exact) mass is 567 g/mol. The summed E-state index contributed by atoms with van der Waals surface area (Å²) >= 11 is 0. The lowest BCUT2D eigenvalue weighted by Gasteiger charge is -2.47. The molecule has 7 nitrogen and oxygen atoms in total. The van der Waals surface area contributed by atoms with Crippen molar-refractivity contribution in [3.8, 4) is 0 Å². The quantitative estimate of drug-likeness (QED) is 0.397. The molecule has 2 aliphatic rings. The van der Waals surface area contributed by atoms with Crippen LogP contribution in [-0.2, 0) is 14.2 Å². The summed E-state index contributed by atoms with van der Waals surface area (Å²) in [5.74, 6) is 0.759. The Morgan fingerprint density at radius 3 is 2.12 bits per heavy atom. The van der Waals surface area contributed by atoms with Crippen molar-refractivity contribution < 1.29 is 29.5 Å². The lowest BCUT2D eigenvalue weighted by atomic mass is 9.69. The van der Waals surface area contributed by atoms with Gasteiger partial charge in [0.25, 0.3) is 0 Å². The van der Waals surface area contributed by atoms with E-state index in [1.54, 1.807) is 7.11 Å². The summed E-state index contributed by atoms with van der Waals surface area (Å²) in [6.45, 7) is 24.7. The molecule has 0 aromatic heterocycles. The van der Waals surface area contributed by atoms with Gasteiger partial charge in [-0.2, -0.15) is 0 Å². The highest BCUT2D eigenvalue weighted by atomic mass is 16.5. The number of hydrogen-bond acceptors (Lipinski definition) is 7. The Morgan fingerprint density at radius 1 is 1.00 bits per heavy atom. The van der Waals surface area contributed by atoms with E-state index in [1.165, 1.54) is 0 Å². The van der Waals surface area contributed by atoms with Gasteiger partial charge in [0.05, 0.1) is 29.2 Å². The molecule has 3 N–H and O–H groups in total. The number of hydrogen-bond donors (Lipinski definition) is 3. The minimum absolute atomic E-state index is 0.0122. The SMILES string of the molecule is C=C1O[C@H](CC)[C@@](C)(O)C(C)C(C)C(=NC)[C@H](C)C[C@@](C)(O)C[C@@H](C)[C@H](C[C@H]2C[C@@](C)(OC)[C@@H](O)C(C)O2)[C@H]1C. The van der Waals surface area contributed by atoms with Crippen molar-refractivity contribution in [2.75, 3.05) is 14.2 Å². The van der Waals surface area contributed by atoms with Gasteiger partial charge in [0, 0.05) is 32.2 Å². The molecule has 0 bridgehead atoms. The number of nitrogens with zero attached hydrogens (tertiary/aromatic N) is 1. The molecule has 7 heteroatoms. The van der Waals surface area contributed by atoms with Crippen LogP contribution in [0.2, 0.25) is 0 Å². The van der Waals surface area contributed by atoms with Gasteiger partial charge in [-0.3, -0.25) is 4.99 Å². The van der Waals surface area contributed by atoms with Crippen molar-refractivity contribution in [2.45, 2.75) is 143 Å². The smallest absolute Gasteiger partial charge is 0.126 e. The van der Waals surface area contributed by atoms with Crippen LogP contribution in [0.25, 0.3) is 0 Å². The second-order valence-electron chi connectivity index (χ2n) is 14.0. The molecular formula is C33H61NO6. The van der Waals surface area contributed by atoms with E-state index in [0.29, 0.717) is 37.9 Å². The van der Waals surface area contributed by atoms with Gasteiger partial charge in [-0.1, -0.05) is 48.1 Å². The Kier molecular flexibility index (Phi) is 11.9. The maximum Gasteiger partial charge on any atom is 0.126 e. The standard InChI is InChI=1S/C33H61NO6/c1-14-28-33(11,37)23(6)21(4)29(34-12)20(3)17-31(9,36)16-19(2)27(22(5)24(7)40-28)15-26-18-32(10,38-13)30(35)25(8)39-26/h19-23,25-28,30,35-37H,7,14-18H2,1-6,8-13H3/t19-,20-,21?,22+,23?,25?,26+,27+,28-,30+,31+,32-,33+/m1/s1. The highest BCUT2D eigenvalue weighted by Crippen LogP contribution is 2.43. The largest absolute Gasteiger partial charge is 0.492 e. The molecular weight excluding hydrogens is 506 g/mol. The van der Waals surface area contributed by atoms with Gasteiger partial charge in [0.2, 0.25) is 0 Å². The molecule has 0 aliphatic carbocycles. The number of allylic oxidation sites excluding steroid dienone is 1. The van der Waals surface area contributed by atoms with E-state index >= 15 is 0 Å². The Morgan fingerprint density at radius 2 is 1.60 bits per heavy atom. The van der Waals surface area contributed by atoms with E-state index in [1.807, 2.05) is 41.7 Å². The molecule has 0 aromatic rings. The Bertz CT molecular complexity index is 871. The average molecular weight is 568 g/mol. The zero-order chi connectivity index (χ0) is 30.8. The second kappa shape index (κ2) is 13.5. The zero-order valence-corrected chi connectivity index (χ0v) is 27.5. The third-order valence-electron chi connectivity index (χ3n) is 10.7. The van der Waals surface area contributed by atoms with Gasteiger partial charge in [-0.05, 0) is 83.0 Å². The van der Waals surface area contributed by atoms with E-state index < -0.39 is 29.0 Å². The van der Waals surface area contributed by atoms with Crippen LogP contribution in [0.1, 0.15) is 101 Å². The molecule has 0 radical (unpaired) electrons. The Hall–Kier alpha value is -0.990. The maximum absolute atomic E-state index is 11.9. The number of aliphatic hydroxyl groups is 3. The number of aliphatic hydroxyl groups excluding tert-OH is 1. The first-order valence-corrected chi connectivity index (χ1v) is 15.5. The molecule has 0 aromatic carbocycles. The Labute approximate surface area is 244 Å². The topological polar surface area (TPSA) is 101 Å². The summed E-state index contributed by atoms with van der Waals surface area (Å²) in [6.07, 6.45) is 1.52. The molecule has 0 saturated carbocycles. The summed E-state index contributed by atoms with van der Waals surface area (Å²) in [5, 5.41) is 34.3. The summed E-state index contributed by atoms with van der Waals surface area (Å²) in [6, 6.07) is 0. The zero-order valence-electron chi connectivity index (χ0n) is 27.5. The fraction of sp³-hybridized carbons (Fsp3) is 0.909. The molecule has 2 saturated heterocycles. The van der Waals surface area contributed by atoms with Crippen LogP contribution in [0.4, 0.5) is 0 Å². The first-order chi connectivity index (χ1) is 18.3. The third kappa shape index (κ3) is 7.69. The number of ether oxygens (including phenoxy) is 3. The van der Waals surface area contributed by atoms with Gasteiger partial charge >= 0.3 is 0 Å². The van der Waals surface area contributed by atoms with E-state index in [9.17, 15) is 15.3 Å². The highest BCUT2D eigenvalue weighted by molar-refractivity contribution is 5.88. The molecule has 40 heavy (non-hydrogen) atoms. The van der Waals surface area contributed by atoms with Crippen molar-refractivity contribution in [2.24, 2.45) is 40.5 Å². The van der Waals surface area contributed by atoms with Crippen LogP contribution in [0.5, 0.6) is 0 Å². The molecule has 2 heterocycles. The van der Waals surface area contributed by atoms with Crippen LogP contribution in [0.3, 0.4) is 0 Å². The average Bonchev–Trinajstić information content (AvgIpc) is 2.86. The number of methoxy groups -OCH3 is 1. The molecule has 234 valence electrons. The molecule has 2 aliphatic heterocycles. The van der Waals surface area contributed by atoms with Crippen LogP contribution in [0.15, 0.2) is 17.3 Å². The first kappa shape index (κ1) is 35.2. The molecule has 0 spiro atoms. The van der Waals surface area contributed by atoms with Crippen molar-refractivity contribution in [3.63, 3.8) is 0 Å². The molecule has 2 fully saturated rings. The van der Waals surface area contributed by atoms with E-state index in [4.69, 9.17) is 14.2 Å². The van der Waals surface area contributed by atoms with Gasteiger partial charge in [-0.25, -0.2) is 0 Å². The predicted molar refractivity (Wildman–Crippen MR) is 162 cm³/mol. The van der Waals surface area contributed by atoms with Gasteiger partial charge in [-0.15, -0.1) is 0 Å². The molecule has 3 unspecified atom stereocenters. The summed E-state index contributed by atoms with van der Waals surface area (Å²) in [7, 11) is 3.46. The Balaban J connectivity index is 2.51. The van der Waals surface area contributed by atoms with Crippen LogP contribution < -0.4 is 0 Å². The van der Waals surface area contributed by atoms with Crippen molar-refractivity contribution >= 4 is 5.71 Å². The van der Waals surface area contributed by atoms with E-state index in [2.05, 4.69) is 46.2 Å². The highest BCUT2D eigenvalue weighted by Gasteiger charge is 2.47.